The number of hydrogen-bond donors (Lipinski definition) is 0. The summed E-state index contributed by atoms with van der Waals surface area (Å²) >= 11 is 0. The molecule has 0 N–H and O–H groups in total. The van der Waals surface area contributed by atoms with Gasteiger partial charge in [-0.3, -0.25) is 0 Å². The van der Waals surface area contributed by atoms with E-state index in [1.54, 1.807) is 5.57 Å². The minimum absolute atomic E-state index is 0.313. The van der Waals surface area contributed by atoms with Gasteiger partial charge in [0.2, 0.25) is 0 Å². The second-order valence-corrected chi connectivity index (χ2v) is 15.2. The third kappa shape index (κ3) is 4.99. The Balaban J connectivity index is 1.29. The van der Waals surface area contributed by atoms with Gasteiger partial charge in [0.05, 0.1) is 6.10 Å². The summed E-state index contributed by atoms with van der Waals surface area (Å²) in [6, 6.07) is 8.91. The lowest BCUT2D eigenvalue weighted by atomic mass is 9.47. The van der Waals surface area contributed by atoms with Crippen molar-refractivity contribution in [2.75, 3.05) is 39.8 Å². The molecule has 42 heavy (non-hydrogen) atoms. The van der Waals surface area contributed by atoms with Crippen LogP contribution >= 0.6 is 0 Å². The second kappa shape index (κ2) is 11.5. The fourth-order valence-corrected chi connectivity index (χ4v) is 10.4. The lowest BCUT2D eigenvalue weighted by Gasteiger charge is -2.58. The van der Waals surface area contributed by atoms with E-state index < -0.39 is 0 Å². The number of hydrogen-bond acceptors (Lipinski definition) is 4. The van der Waals surface area contributed by atoms with E-state index in [1.165, 1.54) is 66.7 Å². The predicted molar refractivity (Wildman–Crippen MR) is 173 cm³/mol. The smallest absolute Gasteiger partial charge is 0.122 e. The first-order chi connectivity index (χ1) is 20.1. The number of fused-ring (bicyclic) bond motifs is 7. The normalized spacial score (nSPS) is 38.2. The van der Waals surface area contributed by atoms with Crippen LogP contribution in [0.1, 0.15) is 84.6 Å². The van der Waals surface area contributed by atoms with Gasteiger partial charge in [0.25, 0.3) is 0 Å². The molecule has 1 aliphatic heterocycles. The highest BCUT2D eigenvalue weighted by molar-refractivity contribution is 5.61. The van der Waals surface area contributed by atoms with Gasteiger partial charge in [-0.15, -0.1) is 0 Å². The zero-order chi connectivity index (χ0) is 29.8. The van der Waals surface area contributed by atoms with Crippen molar-refractivity contribution in [3.63, 3.8) is 0 Å². The van der Waals surface area contributed by atoms with Crippen LogP contribution in [-0.2, 0) is 14.2 Å². The Hall–Kier alpha value is -2.04. The molecular formula is C38H55NO3. The molecule has 0 radical (unpaired) electrons. The largest absolute Gasteiger partial charge is 0.490 e. The van der Waals surface area contributed by atoms with E-state index in [-0.39, 0.29) is 0 Å². The fourth-order valence-electron chi connectivity index (χ4n) is 10.4. The van der Waals surface area contributed by atoms with Crippen molar-refractivity contribution >= 4 is 11.8 Å². The number of anilines is 1. The maximum absolute atomic E-state index is 7.10. The number of benzene rings is 1. The molecule has 1 heterocycles. The van der Waals surface area contributed by atoms with Crippen molar-refractivity contribution < 1.29 is 14.2 Å². The van der Waals surface area contributed by atoms with Gasteiger partial charge < -0.3 is 19.1 Å². The zero-order valence-electron chi connectivity index (χ0n) is 27.5. The van der Waals surface area contributed by atoms with Gasteiger partial charge in [0, 0.05) is 46.5 Å². The summed E-state index contributed by atoms with van der Waals surface area (Å²) in [5.74, 6) is 4.49. The summed E-state index contributed by atoms with van der Waals surface area (Å²) in [6.07, 6.45) is 15.5. The molecule has 3 saturated carbocycles. The van der Waals surface area contributed by atoms with Crippen molar-refractivity contribution in [2.45, 2.75) is 91.3 Å². The van der Waals surface area contributed by atoms with Crippen LogP contribution in [0.25, 0.3) is 6.08 Å². The molecule has 5 aliphatic rings. The first-order valence-electron chi connectivity index (χ1n) is 16.7. The molecule has 1 aromatic rings. The van der Waals surface area contributed by atoms with Crippen molar-refractivity contribution in [3.8, 4) is 0 Å². The number of nitrogens with zero attached hydrogens (tertiary/aromatic N) is 1. The van der Waals surface area contributed by atoms with Gasteiger partial charge in [-0.1, -0.05) is 44.6 Å². The molecule has 1 aromatic carbocycles. The van der Waals surface area contributed by atoms with E-state index in [0.29, 0.717) is 34.9 Å². The molecule has 0 bridgehead atoms. The summed E-state index contributed by atoms with van der Waals surface area (Å²) < 4.78 is 18.5. The molecule has 0 amide bonds. The first kappa shape index (κ1) is 30.0. The topological polar surface area (TPSA) is 30.9 Å². The average molecular weight is 574 g/mol. The van der Waals surface area contributed by atoms with Crippen LogP contribution in [0, 0.1) is 40.4 Å². The number of allylic oxidation sites excluding steroid dienone is 2. The molecule has 4 heteroatoms. The molecule has 0 aromatic heterocycles. The van der Waals surface area contributed by atoms with E-state index in [0.717, 1.165) is 37.2 Å². The van der Waals surface area contributed by atoms with Gasteiger partial charge in [-0.05, 0) is 128 Å². The zero-order valence-corrected chi connectivity index (χ0v) is 27.5. The molecule has 6 rings (SSSR count). The minimum atomic E-state index is 0.313. The van der Waals surface area contributed by atoms with E-state index in [9.17, 15) is 0 Å². The van der Waals surface area contributed by atoms with Gasteiger partial charge in [-0.25, -0.2) is 0 Å². The Labute approximate surface area is 255 Å². The summed E-state index contributed by atoms with van der Waals surface area (Å²) in [5, 5.41) is 0. The van der Waals surface area contributed by atoms with Crippen LogP contribution in [0.15, 0.2) is 52.8 Å². The predicted octanol–water partition coefficient (Wildman–Crippen LogP) is 8.69. The second-order valence-electron chi connectivity index (χ2n) is 15.2. The van der Waals surface area contributed by atoms with Crippen molar-refractivity contribution in [2.24, 2.45) is 40.4 Å². The fraction of sp³-hybridized carbons (Fsp3) is 0.684. The van der Waals surface area contributed by atoms with Gasteiger partial charge in [0.1, 0.15) is 11.9 Å². The maximum atomic E-state index is 7.10. The molecule has 1 unspecified atom stereocenters. The monoisotopic (exact) mass is 573 g/mol. The van der Waals surface area contributed by atoms with Crippen LogP contribution in [0.2, 0.25) is 0 Å². The molecule has 230 valence electrons. The van der Waals surface area contributed by atoms with Gasteiger partial charge in [-0.2, -0.15) is 0 Å². The SMILES string of the molecule is COCC(C)CC(=Cc1ccc(N(C)C)cc1)C1=C(C)[C@H]2[C@H](C[C@H]3[C@@H]4CC=C5C[C@@H](OC)CC[C@]5(C)[C@H]4CC[C@@]32C)O1. The van der Waals surface area contributed by atoms with Crippen molar-refractivity contribution in [1.82, 2.24) is 0 Å². The van der Waals surface area contributed by atoms with E-state index in [2.05, 4.69) is 83.1 Å². The van der Waals surface area contributed by atoms with E-state index >= 15 is 0 Å². The molecule has 0 saturated heterocycles. The summed E-state index contributed by atoms with van der Waals surface area (Å²) in [6.45, 7) is 10.7. The molecular weight excluding hydrogens is 518 g/mol. The van der Waals surface area contributed by atoms with Crippen LogP contribution in [0.3, 0.4) is 0 Å². The molecule has 0 spiro atoms. The third-order valence-corrected chi connectivity index (χ3v) is 12.6. The Morgan fingerprint density at radius 2 is 1.86 bits per heavy atom. The Morgan fingerprint density at radius 1 is 1.10 bits per heavy atom. The van der Waals surface area contributed by atoms with Gasteiger partial charge in [0.15, 0.2) is 0 Å². The highest BCUT2D eigenvalue weighted by atomic mass is 16.5. The third-order valence-electron chi connectivity index (χ3n) is 12.6. The highest BCUT2D eigenvalue weighted by Gasteiger charge is 2.63. The van der Waals surface area contributed by atoms with Crippen molar-refractivity contribution in [1.29, 1.82) is 0 Å². The van der Waals surface area contributed by atoms with Crippen LogP contribution in [-0.4, -0.2) is 47.1 Å². The summed E-state index contributed by atoms with van der Waals surface area (Å²) in [7, 11) is 7.90. The van der Waals surface area contributed by atoms with Crippen LogP contribution in [0.5, 0.6) is 0 Å². The standard InChI is InChI=1S/C38H55NO3/c1-24(23-40-7)19-27(20-26-9-12-29(13-10-26)39(5)6)36-25(2)35-34(42-36)22-33-31-14-11-28-21-30(41-8)15-17-37(28,3)32(31)16-18-38(33,35)4/h9-13,20,24,30-35H,14-19,21-23H2,1-8H3/t24?,30-,31+,32-,33-,34-,35-,37-,38-/m0/s1. The lowest BCUT2D eigenvalue weighted by molar-refractivity contribution is -0.0492. The van der Waals surface area contributed by atoms with E-state index in [4.69, 9.17) is 14.2 Å². The minimum Gasteiger partial charge on any atom is -0.490 e. The summed E-state index contributed by atoms with van der Waals surface area (Å²) in [5.41, 5.74) is 7.70. The van der Waals surface area contributed by atoms with Crippen molar-refractivity contribution in [3.05, 3.63) is 58.4 Å². The lowest BCUT2D eigenvalue weighted by Crippen LogP contribution is -2.50. The van der Waals surface area contributed by atoms with Crippen LogP contribution in [0.4, 0.5) is 5.69 Å². The Kier molecular flexibility index (Phi) is 8.19. The molecule has 3 fully saturated rings. The average Bonchev–Trinajstić information content (AvgIpc) is 3.46. The van der Waals surface area contributed by atoms with E-state index in [1.807, 2.05) is 14.2 Å². The maximum Gasteiger partial charge on any atom is 0.122 e. The molecule has 4 aliphatic carbocycles. The number of ether oxygens (including phenoxy) is 3. The number of rotatable bonds is 8. The first-order valence-corrected chi connectivity index (χ1v) is 16.7. The quantitative estimate of drug-likeness (QED) is 0.291. The Bertz CT molecular complexity index is 1240. The van der Waals surface area contributed by atoms with Gasteiger partial charge >= 0.3 is 0 Å². The van der Waals surface area contributed by atoms with Crippen LogP contribution < -0.4 is 4.90 Å². The highest BCUT2D eigenvalue weighted by Crippen LogP contribution is 2.69. The Morgan fingerprint density at radius 3 is 2.55 bits per heavy atom. The number of methoxy groups -OCH3 is 2. The molecule has 9 atom stereocenters. The summed E-state index contributed by atoms with van der Waals surface area (Å²) in [4.78, 5) is 2.16. The molecule has 4 nitrogen and oxygen atoms in total.